The van der Waals surface area contributed by atoms with Gasteiger partial charge >= 0.3 is 0 Å². The predicted molar refractivity (Wildman–Crippen MR) is 64.2 cm³/mol. The molecule has 1 aliphatic rings. The molecule has 1 aliphatic heterocycles. The molecule has 0 amide bonds. The number of aromatic nitrogens is 2. The van der Waals surface area contributed by atoms with Crippen LogP contribution >= 0.6 is 0 Å². The molecule has 1 unspecified atom stereocenters. The molecular weight excluding hydrogens is 198 g/mol. The van der Waals surface area contributed by atoms with Crippen molar-refractivity contribution in [3.63, 3.8) is 0 Å². The third kappa shape index (κ3) is 1.63. The molecular formula is C13H15N3. The SMILES string of the molecule is c1ccc(-c2ccnn2C2CCNC2)cc1. The molecule has 1 fully saturated rings. The average molecular weight is 213 g/mol. The summed E-state index contributed by atoms with van der Waals surface area (Å²) >= 11 is 0. The van der Waals surface area contributed by atoms with Gasteiger partial charge in [0.2, 0.25) is 0 Å². The van der Waals surface area contributed by atoms with E-state index < -0.39 is 0 Å². The number of nitrogens with one attached hydrogen (secondary N) is 1. The average Bonchev–Trinajstić information content (AvgIpc) is 3.01. The highest BCUT2D eigenvalue weighted by atomic mass is 15.3. The second-order valence-electron chi connectivity index (χ2n) is 4.17. The highest BCUT2D eigenvalue weighted by Gasteiger charge is 2.19. The van der Waals surface area contributed by atoms with Crippen LogP contribution in [0.2, 0.25) is 0 Å². The van der Waals surface area contributed by atoms with Crippen LogP contribution < -0.4 is 5.32 Å². The Bertz CT molecular complexity index is 455. The van der Waals surface area contributed by atoms with Crippen molar-refractivity contribution in [3.05, 3.63) is 42.6 Å². The van der Waals surface area contributed by atoms with Gasteiger partial charge in [-0.2, -0.15) is 5.10 Å². The van der Waals surface area contributed by atoms with E-state index in [-0.39, 0.29) is 0 Å². The summed E-state index contributed by atoms with van der Waals surface area (Å²) in [5.41, 5.74) is 2.46. The Morgan fingerprint density at radius 2 is 2.06 bits per heavy atom. The van der Waals surface area contributed by atoms with Crippen molar-refractivity contribution >= 4 is 0 Å². The first-order valence-corrected chi connectivity index (χ1v) is 5.75. The van der Waals surface area contributed by atoms with Crippen molar-refractivity contribution in [2.75, 3.05) is 13.1 Å². The molecule has 1 aromatic carbocycles. The molecule has 1 saturated heterocycles. The largest absolute Gasteiger partial charge is 0.315 e. The van der Waals surface area contributed by atoms with Gasteiger partial charge in [-0.3, -0.25) is 4.68 Å². The molecule has 3 nitrogen and oxygen atoms in total. The summed E-state index contributed by atoms with van der Waals surface area (Å²) in [5.74, 6) is 0. The molecule has 1 N–H and O–H groups in total. The lowest BCUT2D eigenvalue weighted by atomic mass is 10.1. The summed E-state index contributed by atoms with van der Waals surface area (Å²) in [5, 5.41) is 7.83. The number of nitrogens with zero attached hydrogens (tertiary/aromatic N) is 2. The van der Waals surface area contributed by atoms with Crippen LogP contribution in [0, 0.1) is 0 Å². The maximum absolute atomic E-state index is 4.45. The molecule has 3 heteroatoms. The van der Waals surface area contributed by atoms with Gasteiger partial charge in [0.05, 0.1) is 11.7 Å². The van der Waals surface area contributed by atoms with Gasteiger partial charge in [-0.1, -0.05) is 30.3 Å². The van der Waals surface area contributed by atoms with E-state index in [0.29, 0.717) is 6.04 Å². The van der Waals surface area contributed by atoms with Gasteiger partial charge in [-0.05, 0) is 24.6 Å². The highest BCUT2D eigenvalue weighted by Crippen LogP contribution is 2.24. The third-order valence-corrected chi connectivity index (χ3v) is 3.12. The standard InChI is InChI=1S/C13H15N3/c1-2-4-11(5-3-1)13-7-9-15-16(13)12-6-8-14-10-12/h1-5,7,9,12,14H,6,8,10H2. The lowest BCUT2D eigenvalue weighted by Crippen LogP contribution is -2.15. The van der Waals surface area contributed by atoms with Crippen molar-refractivity contribution in [2.24, 2.45) is 0 Å². The van der Waals surface area contributed by atoms with Gasteiger partial charge in [0.1, 0.15) is 0 Å². The number of rotatable bonds is 2. The van der Waals surface area contributed by atoms with Crippen molar-refractivity contribution in [3.8, 4) is 11.3 Å². The van der Waals surface area contributed by atoms with Crippen LogP contribution in [0.25, 0.3) is 11.3 Å². The lowest BCUT2D eigenvalue weighted by Gasteiger charge is -2.13. The van der Waals surface area contributed by atoms with Crippen molar-refractivity contribution in [1.29, 1.82) is 0 Å². The zero-order chi connectivity index (χ0) is 10.8. The smallest absolute Gasteiger partial charge is 0.0686 e. The molecule has 2 heterocycles. The summed E-state index contributed by atoms with van der Waals surface area (Å²) in [4.78, 5) is 0. The minimum Gasteiger partial charge on any atom is -0.315 e. The first-order chi connectivity index (χ1) is 7.95. The Balaban J connectivity index is 1.99. The van der Waals surface area contributed by atoms with E-state index in [1.165, 1.54) is 17.7 Å². The van der Waals surface area contributed by atoms with E-state index in [1.807, 2.05) is 12.3 Å². The molecule has 0 bridgehead atoms. The van der Waals surface area contributed by atoms with Crippen LogP contribution in [0.15, 0.2) is 42.6 Å². The maximum Gasteiger partial charge on any atom is 0.0686 e. The van der Waals surface area contributed by atoms with Crippen molar-refractivity contribution in [2.45, 2.75) is 12.5 Å². The molecule has 0 spiro atoms. The Hall–Kier alpha value is -1.61. The quantitative estimate of drug-likeness (QED) is 0.827. The molecule has 1 aromatic heterocycles. The summed E-state index contributed by atoms with van der Waals surface area (Å²) < 4.78 is 2.15. The van der Waals surface area contributed by atoms with E-state index in [0.717, 1.165) is 13.1 Å². The minimum atomic E-state index is 0.505. The minimum absolute atomic E-state index is 0.505. The summed E-state index contributed by atoms with van der Waals surface area (Å²) in [7, 11) is 0. The molecule has 0 aliphatic carbocycles. The summed E-state index contributed by atoms with van der Waals surface area (Å²) in [6.45, 7) is 2.13. The first-order valence-electron chi connectivity index (χ1n) is 5.75. The molecule has 82 valence electrons. The van der Waals surface area contributed by atoms with E-state index in [9.17, 15) is 0 Å². The van der Waals surface area contributed by atoms with Gasteiger partial charge in [-0.25, -0.2) is 0 Å². The second kappa shape index (κ2) is 4.10. The van der Waals surface area contributed by atoms with Gasteiger partial charge in [0, 0.05) is 12.7 Å². The fourth-order valence-corrected chi connectivity index (χ4v) is 2.29. The predicted octanol–water partition coefficient (Wildman–Crippen LogP) is 2.08. The zero-order valence-corrected chi connectivity index (χ0v) is 9.13. The maximum atomic E-state index is 4.45. The van der Waals surface area contributed by atoms with Gasteiger partial charge in [-0.15, -0.1) is 0 Å². The zero-order valence-electron chi connectivity index (χ0n) is 9.13. The summed E-state index contributed by atoms with van der Waals surface area (Å²) in [6.07, 6.45) is 3.06. The molecule has 0 saturated carbocycles. The van der Waals surface area contributed by atoms with Gasteiger partial charge in [0.15, 0.2) is 0 Å². The number of benzene rings is 1. The van der Waals surface area contributed by atoms with Crippen LogP contribution in [0.5, 0.6) is 0 Å². The highest BCUT2D eigenvalue weighted by molar-refractivity contribution is 5.59. The van der Waals surface area contributed by atoms with Crippen molar-refractivity contribution < 1.29 is 0 Å². The third-order valence-electron chi connectivity index (χ3n) is 3.12. The Labute approximate surface area is 95.1 Å². The van der Waals surface area contributed by atoms with E-state index in [4.69, 9.17) is 0 Å². The van der Waals surface area contributed by atoms with Crippen LogP contribution in [0.3, 0.4) is 0 Å². The monoisotopic (exact) mass is 213 g/mol. The van der Waals surface area contributed by atoms with Gasteiger partial charge in [0.25, 0.3) is 0 Å². The molecule has 16 heavy (non-hydrogen) atoms. The summed E-state index contributed by atoms with van der Waals surface area (Å²) in [6, 6.07) is 13.0. The number of hydrogen-bond acceptors (Lipinski definition) is 2. The Morgan fingerprint density at radius 1 is 1.19 bits per heavy atom. The Kier molecular flexibility index (Phi) is 2.46. The van der Waals surface area contributed by atoms with Gasteiger partial charge < -0.3 is 5.32 Å². The van der Waals surface area contributed by atoms with Crippen LogP contribution in [-0.2, 0) is 0 Å². The molecule has 0 radical (unpaired) electrons. The van der Waals surface area contributed by atoms with E-state index >= 15 is 0 Å². The van der Waals surface area contributed by atoms with Crippen LogP contribution in [0.1, 0.15) is 12.5 Å². The van der Waals surface area contributed by atoms with Crippen molar-refractivity contribution in [1.82, 2.24) is 15.1 Å². The van der Waals surface area contributed by atoms with E-state index in [1.54, 1.807) is 0 Å². The topological polar surface area (TPSA) is 29.9 Å². The van der Waals surface area contributed by atoms with Crippen LogP contribution in [-0.4, -0.2) is 22.9 Å². The molecule has 1 atom stereocenters. The number of hydrogen-bond donors (Lipinski definition) is 1. The fourth-order valence-electron chi connectivity index (χ4n) is 2.29. The molecule has 2 aromatic rings. The first kappa shape index (κ1) is 9.60. The molecule has 3 rings (SSSR count). The normalized spacial score (nSPS) is 20.1. The van der Waals surface area contributed by atoms with Crippen LogP contribution in [0.4, 0.5) is 0 Å². The fraction of sp³-hybridized carbons (Fsp3) is 0.308. The second-order valence-corrected chi connectivity index (χ2v) is 4.17. The lowest BCUT2D eigenvalue weighted by molar-refractivity contribution is 0.496. The van der Waals surface area contributed by atoms with E-state index in [2.05, 4.69) is 45.4 Å². The Morgan fingerprint density at radius 3 is 2.81 bits per heavy atom.